The molecule has 25 heavy (non-hydrogen) atoms. The van der Waals surface area contributed by atoms with Crippen LogP contribution in [0.1, 0.15) is 22.0 Å². The van der Waals surface area contributed by atoms with Crippen molar-refractivity contribution in [1.82, 2.24) is 19.9 Å². The van der Waals surface area contributed by atoms with Crippen LogP contribution in [0.4, 0.5) is 4.39 Å². The Hall–Kier alpha value is -2.38. The van der Waals surface area contributed by atoms with Crippen molar-refractivity contribution in [1.29, 1.82) is 0 Å². The van der Waals surface area contributed by atoms with Gasteiger partial charge in [0.15, 0.2) is 0 Å². The average Bonchev–Trinajstić information content (AvgIpc) is 3.04. The first-order valence-electron chi connectivity index (χ1n) is 8.10. The van der Waals surface area contributed by atoms with E-state index < -0.39 is 0 Å². The molecular weight excluding hydrogens is 339 g/mol. The monoisotopic (exact) mass is 356 g/mol. The minimum Gasteiger partial charge on any atom is -0.310 e. The molecule has 0 fully saturated rings. The van der Waals surface area contributed by atoms with Gasteiger partial charge in [-0.25, -0.2) is 14.4 Å². The van der Waals surface area contributed by atoms with Crippen LogP contribution in [0, 0.1) is 12.7 Å². The summed E-state index contributed by atoms with van der Waals surface area (Å²) in [5.74, 6) is 0.421. The van der Waals surface area contributed by atoms with Gasteiger partial charge in [0, 0.05) is 42.7 Å². The van der Waals surface area contributed by atoms with Crippen LogP contribution in [0.15, 0.2) is 35.3 Å². The number of H-pyrrole nitrogens is 1. The van der Waals surface area contributed by atoms with Crippen LogP contribution in [-0.4, -0.2) is 26.4 Å². The predicted molar refractivity (Wildman–Crippen MR) is 94.9 cm³/mol. The lowest BCUT2D eigenvalue weighted by Crippen LogP contribution is -2.35. The molecule has 0 spiro atoms. The van der Waals surface area contributed by atoms with Gasteiger partial charge in [0.1, 0.15) is 16.6 Å². The summed E-state index contributed by atoms with van der Waals surface area (Å²) in [6.07, 6.45) is 2.64. The van der Waals surface area contributed by atoms with Crippen molar-refractivity contribution >= 4 is 11.3 Å². The first kappa shape index (κ1) is 16.1. The van der Waals surface area contributed by atoms with E-state index in [0.29, 0.717) is 12.4 Å². The zero-order valence-electron chi connectivity index (χ0n) is 13.8. The van der Waals surface area contributed by atoms with E-state index in [1.807, 2.05) is 13.1 Å². The van der Waals surface area contributed by atoms with Crippen LogP contribution in [0.3, 0.4) is 0 Å². The highest BCUT2D eigenvalue weighted by Gasteiger charge is 2.21. The van der Waals surface area contributed by atoms with Gasteiger partial charge in [-0.3, -0.25) is 9.69 Å². The van der Waals surface area contributed by atoms with Gasteiger partial charge < -0.3 is 4.98 Å². The molecule has 0 saturated heterocycles. The first-order chi connectivity index (χ1) is 12.1. The number of hydrogen-bond donors (Lipinski definition) is 1. The molecule has 0 radical (unpaired) electrons. The number of aryl methyl sites for hydroxylation is 1. The smallest absolute Gasteiger partial charge is 0.255 e. The molecule has 0 bridgehead atoms. The van der Waals surface area contributed by atoms with Crippen molar-refractivity contribution in [2.75, 3.05) is 6.54 Å². The van der Waals surface area contributed by atoms with Gasteiger partial charge in [-0.1, -0.05) is 0 Å². The molecule has 1 aliphatic heterocycles. The summed E-state index contributed by atoms with van der Waals surface area (Å²) in [6.45, 7) is 4.02. The Morgan fingerprint density at radius 3 is 2.92 bits per heavy atom. The fourth-order valence-corrected chi connectivity index (χ4v) is 4.03. The van der Waals surface area contributed by atoms with Crippen LogP contribution in [0.5, 0.6) is 0 Å². The number of fused-ring (bicyclic) bond motifs is 1. The highest BCUT2D eigenvalue weighted by atomic mass is 32.1. The zero-order valence-corrected chi connectivity index (χ0v) is 14.6. The number of nitrogens with one attached hydrogen (secondary N) is 1. The molecule has 7 heteroatoms. The van der Waals surface area contributed by atoms with Crippen molar-refractivity contribution < 1.29 is 4.39 Å². The average molecular weight is 356 g/mol. The quantitative estimate of drug-likeness (QED) is 0.784. The molecule has 3 aromatic rings. The van der Waals surface area contributed by atoms with E-state index in [9.17, 15) is 9.18 Å². The summed E-state index contributed by atoms with van der Waals surface area (Å²) in [4.78, 5) is 27.2. The van der Waals surface area contributed by atoms with E-state index in [-0.39, 0.29) is 11.4 Å². The molecule has 128 valence electrons. The van der Waals surface area contributed by atoms with Crippen molar-refractivity contribution in [3.05, 3.63) is 68.6 Å². The highest BCUT2D eigenvalue weighted by Crippen LogP contribution is 2.27. The molecular formula is C18H17FN4OS. The van der Waals surface area contributed by atoms with Crippen LogP contribution < -0.4 is 5.56 Å². The molecule has 5 nitrogen and oxygen atoms in total. The summed E-state index contributed by atoms with van der Waals surface area (Å²) in [5, 5.41) is 0.877. The Kier molecular flexibility index (Phi) is 4.19. The van der Waals surface area contributed by atoms with Gasteiger partial charge in [-0.15, -0.1) is 11.3 Å². The molecule has 0 aliphatic carbocycles. The van der Waals surface area contributed by atoms with Crippen molar-refractivity contribution in [3.63, 3.8) is 0 Å². The van der Waals surface area contributed by atoms with Gasteiger partial charge in [-0.05, 0) is 31.2 Å². The topological polar surface area (TPSA) is 61.9 Å². The van der Waals surface area contributed by atoms with Crippen LogP contribution in [0.25, 0.3) is 10.6 Å². The normalized spacial score (nSPS) is 14.5. The largest absolute Gasteiger partial charge is 0.310 e. The minimum atomic E-state index is -0.249. The third-order valence-electron chi connectivity index (χ3n) is 4.29. The van der Waals surface area contributed by atoms with E-state index in [2.05, 4.69) is 19.9 Å². The Bertz CT molecular complexity index is 964. The Balaban J connectivity index is 1.50. The second-order valence-electron chi connectivity index (χ2n) is 6.18. The molecule has 1 aromatic carbocycles. The van der Waals surface area contributed by atoms with Crippen molar-refractivity contribution in [3.8, 4) is 10.6 Å². The summed E-state index contributed by atoms with van der Waals surface area (Å²) < 4.78 is 13.0. The molecule has 0 saturated carbocycles. The minimum absolute atomic E-state index is 0.0384. The van der Waals surface area contributed by atoms with E-state index >= 15 is 0 Å². The van der Waals surface area contributed by atoms with Gasteiger partial charge in [-0.2, -0.15) is 0 Å². The van der Waals surface area contributed by atoms with E-state index in [1.165, 1.54) is 12.1 Å². The third kappa shape index (κ3) is 3.38. The number of benzene rings is 1. The maximum Gasteiger partial charge on any atom is 0.255 e. The summed E-state index contributed by atoms with van der Waals surface area (Å²) in [6, 6.07) is 6.36. The van der Waals surface area contributed by atoms with Crippen LogP contribution in [0.2, 0.25) is 0 Å². The number of aromatic amines is 1. The van der Waals surface area contributed by atoms with Gasteiger partial charge >= 0.3 is 0 Å². The summed E-state index contributed by atoms with van der Waals surface area (Å²) in [5.41, 5.74) is 2.55. The van der Waals surface area contributed by atoms with E-state index in [4.69, 9.17) is 0 Å². The predicted octanol–water partition coefficient (Wildman–Crippen LogP) is 2.90. The van der Waals surface area contributed by atoms with Crippen LogP contribution >= 0.6 is 11.3 Å². The zero-order chi connectivity index (χ0) is 17.4. The molecule has 0 unspecified atom stereocenters. The molecule has 0 amide bonds. The fourth-order valence-electron chi connectivity index (χ4n) is 3.07. The summed E-state index contributed by atoms with van der Waals surface area (Å²) in [7, 11) is 0. The number of hydrogen-bond acceptors (Lipinski definition) is 5. The van der Waals surface area contributed by atoms with E-state index in [0.717, 1.165) is 46.2 Å². The number of thiazole rings is 1. The molecule has 3 heterocycles. The molecule has 4 rings (SSSR count). The number of nitrogens with zero attached hydrogens (tertiary/aromatic N) is 3. The Labute approximate surface area is 148 Å². The Morgan fingerprint density at radius 1 is 1.32 bits per heavy atom. The lowest BCUT2D eigenvalue weighted by molar-refractivity contribution is 0.243. The lowest BCUT2D eigenvalue weighted by Gasteiger charge is -2.26. The SMILES string of the molecule is Cc1nc2c(c(=O)[nH]1)CN(Cc1cnc(-c3ccc(F)cc3)s1)CC2. The van der Waals surface area contributed by atoms with Crippen LogP contribution in [-0.2, 0) is 19.5 Å². The number of aromatic nitrogens is 3. The van der Waals surface area contributed by atoms with Crippen molar-refractivity contribution in [2.45, 2.75) is 26.4 Å². The van der Waals surface area contributed by atoms with Gasteiger partial charge in [0.2, 0.25) is 0 Å². The maximum absolute atomic E-state index is 13.0. The second-order valence-corrected chi connectivity index (χ2v) is 7.29. The molecule has 0 atom stereocenters. The third-order valence-corrected chi connectivity index (χ3v) is 5.32. The van der Waals surface area contributed by atoms with Gasteiger partial charge in [0.05, 0.1) is 11.3 Å². The highest BCUT2D eigenvalue weighted by molar-refractivity contribution is 7.15. The molecule has 1 N–H and O–H groups in total. The lowest BCUT2D eigenvalue weighted by atomic mass is 10.1. The number of halogens is 1. The summed E-state index contributed by atoms with van der Waals surface area (Å²) >= 11 is 1.60. The fraction of sp³-hybridized carbons (Fsp3) is 0.278. The number of rotatable bonds is 3. The Morgan fingerprint density at radius 2 is 2.12 bits per heavy atom. The maximum atomic E-state index is 13.0. The second kappa shape index (κ2) is 6.50. The van der Waals surface area contributed by atoms with E-state index in [1.54, 1.807) is 23.5 Å². The molecule has 2 aromatic heterocycles. The molecule has 1 aliphatic rings. The van der Waals surface area contributed by atoms with Crippen molar-refractivity contribution in [2.24, 2.45) is 0 Å². The first-order valence-corrected chi connectivity index (χ1v) is 8.92. The van der Waals surface area contributed by atoms with Gasteiger partial charge in [0.25, 0.3) is 5.56 Å². The standard InChI is InChI=1S/C18H17FN4OS/c1-11-21-16-6-7-23(10-15(16)17(24)22-11)9-14-8-20-18(25-14)12-2-4-13(19)5-3-12/h2-5,8H,6-7,9-10H2,1H3,(H,21,22,24).